The van der Waals surface area contributed by atoms with Gasteiger partial charge in [0.2, 0.25) is 0 Å². The molecule has 0 saturated heterocycles. The Morgan fingerprint density at radius 3 is 2.48 bits per heavy atom. The van der Waals surface area contributed by atoms with Crippen molar-refractivity contribution < 1.29 is 9.47 Å². The number of pyridine rings is 1. The van der Waals surface area contributed by atoms with Crippen LogP contribution >= 0.6 is 0 Å². The lowest BCUT2D eigenvalue weighted by atomic mass is 10.0. The number of nitrogens with one attached hydrogen (secondary N) is 1. The molecule has 0 bridgehead atoms. The summed E-state index contributed by atoms with van der Waals surface area (Å²) in [6.45, 7) is 5.01. The predicted octanol–water partition coefficient (Wildman–Crippen LogP) is 5.13. The fourth-order valence-corrected chi connectivity index (χ4v) is 3.10. The van der Waals surface area contributed by atoms with Crippen LogP contribution < -0.4 is 15.2 Å². The highest BCUT2D eigenvalue weighted by Gasteiger charge is 2.07. The summed E-state index contributed by atoms with van der Waals surface area (Å²) in [5, 5.41) is 7.87. The molecule has 0 spiro atoms. The second-order valence-corrected chi connectivity index (χ2v) is 6.87. The summed E-state index contributed by atoms with van der Waals surface area (Å²) in [6.07, 6.45) is 5.37. The summed E-state index contributed by atoms with van der Waals surface area (Å²) < 4.78 is 11.4. The number of nitrogens with two attached hydrogens (primary N) is 1. The van der Waals surface area contributed by atoms with Gasteiger partial charge in [0, 0.05) is 28.7 Å². The molecule has 150 valence electrons. The van der Waals surface area contributed by atoms with Crippen molar-refractivity contribution in [3.63, 3.8) is 0 Å². The van der Waals surface area contributed by atoms with E-state index in [1.165, 1.54) is 5.56 Å². The molecule has 0 aliphatic heterocycles. The van der Waals surface area contributed by atoms with E-state index in [9.17, 15) is 0 Å². The monoisotopic (exact) mass is 389 g/mol. The Morgan fingerprint density at radius 2 is 1.76 bits per heavy atom. The van der Waals surface area contributed by atoms with Gasteiger partial charge in [-0.1, -0.05) is 18.2 Å². The summed E-state index contributed by atoms with van der Waals surface area (Å²) in [6, 6.07) is 15.9. The Balaban J connectivity index is 1.57. The standard InChI is InChI=1S/C24H27N3O2/c1-3-28-21-9-6-18(7-10-21)5-4-12-29-22-13-20(15-27-16-22)19-8-11-24(26)23(14-19)17(2)25/h6-11,13-16,25H,3-5,12,26H2,1-2H3. The Morgan fingerprint density at radius 1 is 0.966 bits per heavy atom. The summed E-state index contributed by atoms with van der Waals surface area (Å²) in [5.41, 5.74) is 10.9. The van der Waals surface area contributed by atoms with E-state index in [4.69, 9.17) is 20.6 Å². The van der Waals surface area contributed by atoms with Gasteiger partial charge < -0.3 is 20.6 Å². The molecule has 2 aromatic carbocycles. The zero-order chi connectivity index (χ0) is 20.6. The molecule has 1 heterocycles. The first-order valence-electron chi connectivity index (χ1n) is 9.82. The van der Waals surface area contributed by atoms with Crippen LogP contribution in [0.3, 0.4) is 0 Å². The quantitative estimate of drug-likeness (QED) is 0.302. The number of rotatable bonds is 9. The average molecular weight is 389 g/mol. The van der Waals surface area contributed by atoms with E-state index in [1.807, 2.05) is 43.3 Å². The molecular formula is C24H27N3O2. The van der Waals surface area contributed by atoms with Crippen LogP contribution in [0.2, 0.25) is 0 Å². The third kappa shape index (κ3) is 5.57. The summed E-state index contributed by atoms with van der Waals surface area (Å²) in [5.74, 6) is 1.64. The molecule has 0 saturated carbocycles. The third-order valence-electron chi connectivity index (χ3n) is 4.62. The average Bonchev–Trinajstić information content (AvgIpc) is 2.73. The van der Waals surface area contributed by atoms with Crippen molar-refractivity contribution in [3.8, 4) is 22.6 Å². The van der Waals surface area contributed by atoms with Gasteiger partial charge in [-0.3, -0.25) is 4.98 Å². The van der Waals surface area contributed by atoms with Gasteiger partial charge in [0.25, 0.3) is 0 Å². The molecule has 0 aliphatic carbocycles. The molecular weight excluding hydrogens is 362 g/mol. The number of nitrogens with zero attached hydrogens (tertiary/aromatic N) is 1. The zero-order valence-electron chi connectivity index (χ0n) is 16.9. The minimum Gasteiger partial charge on any atom is -0.494 e. The second kappa shape index (κ2) is 9.73. The lowest BCUT2D eigenvalue weighted by Crippen LogP contribution is -2.01. The van der Waals surface area contributed by atoms with Crippen molar-refractivity contribution >= 4 is 11.4 Å². The first kappa shape index (κ1) is 20.4. The molecule has 29 heavy (non-hydrogen) atoms. The first-order chi connectivity index (χ1) is 14.1. The van der Waals surface area contributed by atoms with Gasteiger partial charge in [0.1, 0.15) is 11.5 Å². The van der Waals surface area contributed by atoms with Gasteiger partial charge in [0.15, 0.2) is 0 Å². The number of benzene rings is 2. The van der Waals surface area contributed by atoms with Crippen molar-refractivity contribution in [3.05, 3.63) is 72.1 Å². The topological polar surface area (TPSA) is 81.2 Å². The number of aromatic nitrogens is 1. The van der Waals surface area contributed by atoms with Gasteiger partial charge in [-0.2, -0.15) is 0 Å². The predicted molar refractivity (Wildman–Crippen MR) is 118 cm³/mol. The molecule has 3 aromatic rings. The fourth-order valence-electron chi connectivity index (χ4n) is 3.10. The summed E-state index contributed by atoms with van der Waals surface area (Å²) >= 11 is 0. The summed E-state index contributed by atoms with van der Waals surface area (Å²) in [7, 11) is 0. The lowest BCUT2D eigenvalue weighted by molar-refractivity contribution is 0.310. The Kier molecular flexibility index (Phi) is 6.85. The Bertz CT molecular complexity index is 968. The molecule has 0 atom stereocenters. The van der Waals surface area contributed by atoms with E-state index in [0.717, 1.165) is 41.0 Å². The van der Waals surface area contributed by atoms with E-state index in [-0.39, 0.29) is 0 Å². The molecule has 3 rings (SSSR count). The van der Waals surface area contributed by atoms with Crippen molar-refractivity contribution in [2.45, 2.75) is 26.7 Å². The molecule has 0 radical (unpaired) electrons. The lowest BCUT2D eigenvalue weighted by Gasteiger charge is -2.10. The molecule has 3 N–H and O–H groups in total. The van der Waals surface area contributed by atoms with Gasteiger partial charge >= 0.3 is 0 Å². The normalized spacial score (nSPS) is 10.6. The third-order valence-corrected chi connectivity index (χ3v) is 4.62. The minimum atomic E-state index is 0.444. The largest absolute Gasteiger partial charge is 0.494 e. The van der Waals surface area contributed by atoms with E-state index >= 15 is 0 Å². The van der Waals surface area contributed by atoms with Crippen LogP contribution in [0.4, 0.5) is 5.69 Å². The van der Waals surface area contributed by atoms with Crippen LogP contribution in [-0.4, -0.2) is 23.9 Å². The highest BCUT2D eigenvalue weighted by molar-refractivity contribution is 6.02. The number of ether oxygens (including phenoxy) is 2. The summed E-state index contributed by atoms with van der Waals surface area (Å²) in [4.78, 5) is 4.30. The molecule has 5 nitrogen and oxygen atoms in total. The van der Waals surface area contributed by atoms with Gasteiger partial charge in [-0.25, -0.2) is 0 Å². The number of aryl methyl sites for hydroxylation is 1. The van der Waals surface area contributed by atoms with Gasteiger partial charge in [-0.05, 0) is 68.1 Å². The molecule has 1 aromatic heterocycles. The smallest absolute Gasteiger partial charge is 0.138 e. The fraction of sp³-hybridized carbons (Fsp3) is 0.250. The number of anilines is 1. The minimum absolute atomic E-state index is 0.444. The van der Waals surface area contributed by atoms with Gasteiger partial charge in [-0.15, -0.1) is 0 Å². The second-order valence-electron chi connectivity index (χ2n) is 6.87. The number of nitrogen functional groups attached to an aromatic ring is 1. The van der Waals surface area contributed by atoms with Crippen LogP contribution in [0.1, 0.15) is 31.4 Å². The van der Waals surface area contributed by atoms with Crippen molar-refractivity contribution in [2.75, 3.05) is 18.9 Å². The SMILES string of the molecule is CCOc1ccc(CCCOc2cncc(-c3ccc(N)c(C(C)=N)c3)c2)cc1. The van der Waals surface area contributed by atoms with E-state index in [1.54, 1.807) is 19.3 Å². The van der Waals surface area contributed by atoms with E-state index in [2.05, 4.69) is 17.1 Å². The Hall–Kier alpha value is -3.34. The molecule has 0 amide bonds. The Labute approximate surface area is 172 Å². The first-order valence-corrected chi connectivity index (χ1v) is 9.82. The van der Waals surface area contributed by atoms with Crippen LogP contribution in [0.25, 0.3) is 11.1 Å². The van der Waals surface area contributed by atoms with Crippen LogP contribution in [0.5, 0.6) is 11.5 Å². The van der Waals surface area contributed by atoms with Crippen molar-refractivity contribution in [1.82, 2.24) is 4.98 Å². The maximum absolute atomic E-state index is 7.87. The highest BCUT2D eigenvalue weighted by Crippen LogP contribution is 2.26. The van der Waals surface area contributed by atoms with Crippen LogP contribution in [0, 0.1) is 5.41 Å². The van der Waals surface area contributed by atoms with Crippen LogP contribution in [0.15, 0.2) is 60.9 Å². The van der Waals surface area contributed by atoms with Gasteiger partial charge in [0.05, 0.1) is 19.4 Å². The maximum Gasteiger partial charge on any atom is 0.138 e. The van der Waals surface area contributed by atoms with Crippen molar-refractivity contribution in [2.24, 2.45) is 0 Å². The number of hydrogen-bond donors (Lipinski definition) is 2. The molecule has 5 heteroatoms. The zero-order valence-corrected chi connectivity index (χ0v) is 16.9. The number of hydrogen-bond acceptors (Lipinski definition) is 5. The molecule has 0 fully saturated rings. The molecule has 0 aliphatic rings. The molecule has 0 unspecified atom stereocenters. The van der Waals surface area contributed by atoms with Crippen molar-refractivity contribution in [1.29, 1.82) is 5.41 Å². The highest BCUT2D eigenvalue weighted by atomic mass is 16.5. The van der Waals surface area contributed by atoms with E-state index in [0.29, 0.717) is 24.6 Å². The maximum atomic E-state index is 7.87. The van der Waals surface area contributed by atoms with E-state index < -0.39 is 0 Å². The van der Waals surface area contributed by atoms with Crippen LogP contribution in [-0.2, 0) is 6.42 Å².